The normalized spacial score (nSPS) is 10.0. The molecule has 0 heterocycles. The Hall–Kier alpha value is -1.02. The molecule has 0 aliphatic carbocycles. The van der Waals surface area contributed by atoms with Gasteiger partial charge in [0.2, 0.25) is 0 Å². The van der Waals surface area contributed by atoms with Gasteiger partial charge in [-0.15, -0.1) is 0 Å². The first-order valence-electron chi connectivity index (χ1n) is 4.85. The van der Waals surface area contributed by atoms with Gasteiger partial charge >= 0.3 is 0 Å². The third-order valence-corrected chi connectivity index (χ3v) is 2.01. The Kier molecular flexibility index (Phi) is 4.33. The summed E-state index contributed by atoms with van der Waals surface area (Å²) < 4.78 is 0. The summed E-state index contributed by atoms with van der Waals surface area (Å²) in [5.41, 5.74) is 2.54. The summed E-state index contributed by atoms with van der Waals surface area (Å²) in [4.78, 5) is 0. The van der Waals surface area contributed by atoms with Gasteiger partial charge in [-0.25, -0.2) is 0 Å². The fourth-order valence-electron chi connectivity index (χ4n) is 1.23. The molecule has 0 aliphatic heterocycles. The van der Waals surface area contributed by atoms with Crippen molar-refractivity contribution in [2.24, 2.45) is 0 Å². The van der Waals surface area contributed by atoms with Gasteiger partial charge in [0.15, 0.2) is 0 Å². The van der Waals surface area contributed by atoms with Gasteiger partial charge in [0.1, 0.15) is 0 Å². The van der Waals surface area contributed by atoms with Gasteiger partial charge in [-0.2, -0.15) is 0 Å². The van der Waals surface area contributed by atoms with E-state index in [9.17, 15) is 0 Å². The Morgan fingerprint density at radius 3 is 2.62 bits per heavy atom. The molecule has 1 aromatic rings. The van der Waals surface area contributed by atoms with Crippen LogP contribution in [-0.4, -0.2) is 19.6 Å². The number of likely N-dealkylation sites (N-methyl/N-ethyl adjacent to an activating group) is 1. The monoisotopic (exact) mass is 178 g/mol. The van der Waals surface area contributed by atoms with E-state index in [1.807, 2.05) is 0 Å². The Morgan fingerprint density at radius 1 is 1.15 bits per heavy atom. The van der Waals surface area contributed by atoms with Crippen LogP contribution in [0.5, 0.6) is 0 Å². The lowest BCUT2D eigenvalue weighted by atomic mass is 10.2. The molecule has 0 spiro atoms. The van der Waals surface area contributed by atoms with Gasteiger partial charge in [-0.3, -0.25) is 0 Å². The van der Waals surface area contributed by atoms with Crippen LogP contribution in [0, 0.1) is 6.92 Å². The molecule has 0 saturated carbocycles. The second kappa shape index (κ2) is 5.60. The summed E-state index contributed by atoms with van der Waals surface area (Å²) in [5.74, 6) is 0. The van der Waals surface area contributed by atoms with E-state index in [0.717, 1.165) is 19.6 Å². The summed E-state index contributed by atoms with van der Waals surface area (Å²) in [5, 5.41) is 6.66. The van der Waals surface area contributed by atoms with Crippen LogP contribution in [0.25, 0.3) is 0 Å². The number of aryl methyl sites for hydroxylation is 1. The highest BCUT2D eigenvalue weighted by Gasteiger charge is 1.93. The molecule has 0 aromatic heterocycles. The summed E-state index contributed by atoms with van der Waals surface area (Å²) in [6, 6.07) is 8.35. The third-order valence-electron chi connectivity index (χ3n) is 2.01. The van der Waals surface area contributed by atoms with Crippen LogP contribution in [0.4, 0.5) is 5.69 Å². The first kappa shape index (κ1) is 10.1. The lowest BCUT2D eigenvalue weighted by Gasteiger charge is -2.08. The molecule has 0 atom stereocenters. The summed E-state index contributed by atoms with van der Waals surface area (Å²) >= 11 is 0. The van der Waals surface area contributed by atoms with Crippen molar-refractivity contribution in [1.29, 1.82) is 0 Å². The van der Waals surface area contributed by atoms with Crippen LogP contribution in [-0.2, 0) is 0 Å². The van der Waals surface area contributed by atoms with Gasteiger partial charge in [0, 0.05) is 18.8 Å². The number of benzene rings is 1. The Labute approximate surface area is 80.4 Å². The Balaban J connectivity index is 2.32. The molecule has 13 heavy (non-hydrogen) atoms. The van der Waals surface area contributed by atoms with Crippen LogP contribution < -0.4 is 10.6 Å². The Bertz CT molecular complexity index is 246. The average Bonchev–Trinajstić information content (AvgIpc) is 2.15. The molecule has 1 aromatic carbocycles. The van der Waals surface area contributed by atoms with Gasteiger partial charge in [0.25, 0.3) is 0 Å². The van der Waals surface area contributed by atoms with Crippen LogP contribution in [0.2, 0.25) is 0 Å². The highest BCUT2D eigenvalue weighted by Crippen LogP contribution is 2.11. The average molecular weight is 178 g/mol. The molecule has 2 N–H and O–H groups in total. The molecule has 0 fully saturated rings. The number of hydrogen-bond acceptors (Lipinski definition) is 2. The lowest BCUT2D eigenvalue weighted by molar-refractivity contribution is 0.739. The zero-order valence-corrected chi connectivity index (χ0v) is 8.43. The second-order valence-electron chi connectivity index (χ2n) is 3.10. The quantitative estimate of drug-likeness (QED) is 0.674. The third kappa shape index (κ3) is 3.47. The standard InChI is InChI=1S/C11H18N2/c1-3-12-8-9-13-11-7-5-4-6-10(11)2/h4-7,12-13H,3,8-9H2,1-2H3. The molecule has 0 saturated heterocycles. The van der Waals surface area contributed by atoms with Crippen molar-refractivity contribution in [3.8, 4) is 0 Å². The maximum absolute atomic E-state index is 3.39. The molecule has 72 valence electrons. The van der Waals surface area contributed by atoms with Crippen molar-refractivity contribution >= 4 is 5.69 Å². The molecule has 0 bridgehead atoms. The predicted octanol–water partition coefficient (Wildman–Crippen LogP) is 2.02. The second-order valence-corrected chi connectivity index (χ2v) is 3.10. The molecule has 0 unspecified atom stereocenters. The van der Waals surface area contributed by atoms with Crippen LogP contribution in [0.15, 0.2) is 24.3 Å². The smallest absolute Gasteiger partial charge is 0.0370 e. The molecule has 1 rings (SSSR count). The van der Waals surface area contributed by atoms with Crippen molar-refractivity contribution in [2.45, 2.75) is 13.8 Å². The van der Waals surface area contributed by atoms with Crippen LogP contribution >= 0.6 is 0 Å². The summed E-state index contributed by atoms with van der Waals surface area (Å²) in [6.45, 7) is 7.28. The number of rotatable bonds is 5. The van der Waals surface area contributed by atoms with Crippen molar-refractivity contribution in [3.05, 3.63) is 29.8 Å². The fourth-order valence-corrected chi connectivity index (χ4v) is 1.23. The number of hydrogen-bond donors (Lipinski definition) is 2. The maximum atomic E-state index is 3.39. The zero-order chi connectivity index (χ0) is 9.52. The van der Waals surface area contributed by atoms with E-state index >= 15 is 0 Å². The lowest BCUT2D eigenvalue weighted by Crippen LogP contribution is -2.21. The van der Waals surface area contributed by atoms with Gasteiger partial charge in [-0.05, 0) is 25.1 Å². The van der Waals surface area contributed by atoms with E-state index in [1.165, 1.54) is 11.3 Å². The molecule has 0 aliphatic rings. The summed E-state index contributed by atoms with van der Waals surface area (Å²) in [6.07, 6.45) is 0. The fraction of sp³-hybridized carbons (Fsp3) is 0.455. The highest BCUT2D eigenvalue weighted by molar-refractivity contribution is 5.50. The van der Waals surface area contributed by atoms with Crippen molar-refractivity contribution in [1.82, 2.24) is 5.32 Å². The first-order chi connectivity index (χ1) is 6.34. The van der Waals surface area contributed by atoms with Gasteiger partial charge in [-0.1, -0.05) is 25.1 Å². The molecule has 2 nitrogen and oxygen atoms in total. The molecule has 0 radical (unpaired) electrons. The maximum Gasteiger partial charge on any atom is 0.0370 e. The molecule has 0 amide bonds. The Morgan fingerprint density at radius 2 is 1.92 bits per heavy atom. The molecular formula is C11H18N2. The molecular weight excluding hydrogens is 160 g/mol. The zero-order valence-electron chi connectivity index (χ0n) is 8.43. The highest BCUT2D eigenvalue weighted by atomic mass is 14.9. The van der Waals surface area contributed by atoms with Crippen molar-refractivity contribution in [2.75, 3.05) is 25.0 Å². The number of nitrogens with one attached hydrogen (secondary N) is 2. The summed E-state index contributed by atoms with van der Waals surface area (Å²) in [7, 11) is 0. The largest absolute Gasteiger partial charge is 0.384 e. The number of anilines is 1. The number of para-hydroxylation sites is 1. The van der Waals surface area contributed by atoms with Gasteiger partial charge < -0.3 is 10.6 Å². The first-order valence-corrected chi connectivity index (χ1v) is 4.85. The van der Waals surface area contributed by atoms with Crippen LogP contribution in [0.1, 0.15) is 12.5 Å². The van der Waals surface area contributed by atoms with Crippen molar-refractivity contribution < 1.29 is 0 Å². The van der Waals surface area contributed by atoms with E-state index in [1.54, 1.807) is 0 Å². The van der Waals surface area contributed by atoms with E-state index < -0.39 is 0 Å². The topological polar surface area (TPSA) is 24.1 Å². The molecule has 2 heteroatoms. The van der Waals surface area contributed by atoms with Crippen LogP contribution in [0.3, 0.4) is 0 Å². The SMILES string of the molecule is CCNCCNc1ccccc1C. The van der Waals surface area contributed by atoms with E-state index in [4.69, 9.17) is 0 Å². The van der Waals surface area contributed by atoms with Gasteiger partial charge in [0.05, 0.1) is 0 Å². The van der Waals surface area contributed by atoms with Crippen molar-refractivity contribution in [3.63, 3.8) is 0 Å². The van der Waals surface area contributed by atoms with E-state index in [2.05, 4.69) is 48.7 Å². The van der Waals surface area contributed by atoms with E-state index in [-0.39, 0.29) is 0 Å². The minimum Gasteiger partial charge on any atom is -0.384 e. The minimum atomic E-state index is 0.985. The van der Waals surface area contributed by atoms with E-state index in [0.29, 0.717) is 0 Å². The predicted molar refractivity (Wildman–Crippen MR) is 58.2 cm³/mol. The minimum absolute atomic E-state index is 0.985.